The van der Waals surface area contributed by atoms with E-state index in [9.17, 15) is 0 Å². The lowest BCUT2D eigenvalue weighted by atomic mass is 9.79. The second-order valence-corrected chi connectivity index (χ2v) is 10.6. The monoisotopic (exact) mass is 502 g/mol. The Bertz CT molecular complexity index is 1500. The van der Waals surface area contributed by atoms with Crippen LogP contribution in [0.2, 0.25) is 0 Å². The molecule has 0 spiro atoms. The van der Waals surface area contributed by atoms with Gasteiger partial charge < -0.3 is 14.5 Å². The zero-order valence-corrected chi connectivity index (χ0v) is 23.0. The van der Waals surface area contributed by atoms with E-state index in [0.717, 1.165) is 25.3 Å². The molecule has 0 aliphatic rings. The molecular formula is C35H38N2O. The Balaban J connectivity index is 1.67. The minimum Gasteiger partial charge on any atom is -0.492 e. The summed E-state index contributed by atoms with van der Waals surface area (Å²) >= 11 is 0. The van der Waals surface area contributed by atoms with Crippen LogP contribution in [0.3, 0.4) is 0 Å². The van der Waals surface area contributed by atoms with E-state index in [0.29, 0.717) is 6.61 Å². The summed E-state index contributed by atoms with van der Waals surface area (Å²) in [6, 6.07) is 37.8. The largest absolute Gasteiger partial charge is 0.492 e. The van der Waals surface area contributed by atoms with Crippen molar-refractivity contribution in [1.29, 1.82) is 0 Å². The normalized spacial score (nSPS) is 12.5. The maximum atomic E-state index is 6.03. The summed E-state index contributed by atoms with van der Waals surface area (Å²) in [4.78, 5) is 4.40. The molecule has 0 amide bonds. The van der Waals surface area contributed by atoms with E-state index < -0.39 is 0 Å². The molecule has 194 valence electrons. The van der Waals surface area contributed by atoms with Crippen LogP contribution in [0.5, 0.6) is 5.75 Å². The number of hydrogen-bond donors (Lipinski definition) is 0. The van der Waals surface area contributed by atoms with E-state index >= 15 is 0 Å². The first-order valence-corrected chi connectivity index (χ1v) is 13.5. The second kappa shape index (κ2) is 11.8. The lowest BCUT2D eigenvalue weighted by Gasteiger charge is -2.25. The van der Waals surface area contributed by atoms with Crippen molar-refractivity contribution in [2.75, 3.05) is 47.9 Å². The Labute approximate surface area is 227 Å². The Hall–Kier alpha value is -3.66. The maximum absolute atomic E-state index is 6.03. The van der Waals surface area contributed by atoms with Gasteiger partial charge in [-0.3, -0.25) is 0 Å². The van der Waals surface area contributed by atoms with Crippen molar-refractivity contribution in [3.05, 3.63) is 125 Å². The van der Waals surface area contributed by atoms with Gasteiger partial charge in [0.05, 0.1) is 0 Å². The van der Waals surface area contributed by atoms with Gasteiger partial charge >= 0.3 is 0 Å². The first kappa shape index (κ1) is 26.0. The standard InChI is InChI=1S/C35H38N2O/c1-36(2)22-21-26-11-5-8-14-31(26)35(27-17-19-29(20-18-27)38-24-23-37(3)4)34-25-28-12-6-7-13-30(28)32-15-9-10-16-33(32)34/h5-20,25,35H,21-24H2,1-4H3. The molecule has 0 radical (unpaired) electrons. The summed E-state index contributed by atoms with van der Waals surface area (Å²) in [5.41, 5.74) is 5.39. The number of likely N-dealkylation sites (N-methyl/N-ethyl adjacent to an activating group) is 2. The Kier molecular flexibility index (Phi) is 8.07. The molecule has 38 heavy (non-hydrogen) atoms. The minimum atomic E-state index is 0.110. The third-order valence-corrected chi connectivity index (χ3v) is 7.33. The van der Waals surface area contributed by atoms with E-state index in [4.69, 9.17) is 4.74 Å². The van der Waals surface area contributed by atoms with Crippen LogP contribution in [0.25, 0.3) is 21.5 Å². The van der Waals surface area contributed by atoms with Crippen molar-refractivity contribution in [1.82, 2.24) is 9.80 Å². The molecule has 0 N–H and O–H groups in total. The summed E-state index contributed by atoms with van der Waals surface area (Å²) in [7, 11) is 8.43. The Morgan fingerprint density at radius 3 is 1.97 bits per heavy atom. The highest BCUT2D eigenvalue weighted by atomic mass is 16.5. The summed E-state index contributed by atoms with van der Waals surface area (Å²) in [6.07, 6.45) is 1.01. The molecular weight excluding hydrogens is 464 g/mol. The molecule has 0 saturated carbocycles. The molecule has 0 aromatic heterocycles. The van der Waals surface area contributed by atoms with Gasteiger partial charge in [-0.1, -0.05) is 84.9 Å². The van der Waals surface area contributed by atoms with Crippen LogP contribution in [0.4, 0.5) is 0 Å². The summed E-state index contributed by atoms with van der Waals surface area (Å²) < 4.78 is 6.03. The molecule has 1 atom stereocenters. The zero-order valence-electron chi connectivity index (χ0n) is 23.0. The van der Waals surface area contributed by atoms with E-state index in [1.54, 1.807) is 0 Å². The van der Waals surface area contributed by atoms with Crippen LogP contribution in [-0.4, -0.2) is 57.7 Å². The lowest BCUT2D eigenvalue weighted by Crippen LogP contribution is -2.19. The topological polar surface area (TPSA) is 15.7 Å². The van der Waals surface area contributed by atoms with Crippen molar-refractivity contribution in [3.8, 4) is 5.75 Å². The molecule has 1 unspecified atom stereocenters. The Morgan fingerprint density at radius 2 is 1.24 bits per heavy atom. The van der Waals surface area contributed by atoms with Crippen LogP contribution in [-0.2, 0) is 6.42 Å². The fraction of sp³-hybridized carbons (Fsp3) is 0.257. The zero-order chi connectivity index (χ0) is 26.5. The average Bonchev–Trinajstić information content (AvgIpc) is 2.93. The first-order chi connectivity index (χ1) is 18.5. The van der Waals surface area contributed by atoms with Crippen molar-refractivity contribution in [3.63, 3.8) is 0 Å². The van der Waals surface area contributed by atoms with Crippen molar-refractivity contribution < 1.29 is 4.74 Å². The van der Waals surface area contributed by atoms with Crippen LogP contribution in [0.1, 0.15) is 28.2 Å². The molecule has 3 heteroatoms. The quantitative estimate of drug-likeness (QED) is 0.148. The molecule has 0 saturated heterocycles. The van der Waals surface area contributed by atoms with Crippen molar-refractivity contribution >= 4 is 21.5 Å². The predicted molar refractivity (Wildman–Crippen MR) is 162 cm³/mol. The number of fused-ring (bicyclic) bond motifs is 3. The van der Waals surface area contributed by atoms with E-state index in [1.807, 2.05) is 0 Å². The lowest BCUT2D eigenvalue weighted by molar-refractivity contribution is 0.261. The number of nitrogens with zero attached hydrogens (tertiary/aromatic N) is 2. The highest BCUT2D eigenvalue weighted by Gasteiger charge is 2.23. The third kappa shape index (κ3) is 5.75. The number of benzene rings is 5. The van der Waals surface area contributed by atoms with E-state index in [-0.39, 0.29) is 5.92 Å². The van der Waals surface area contributed by atoms with Gasteiger partial charge in [-0.25, -0.2) is 0 Å². The summed E-state index contributed by atoms with van der Waals surface area (Å²) in [6.45, 7) is 2.59. The van der Waals surface area contributed by atoms with Gasteiger partial charge in [0.1, 0.15) is 12.4 Å². The molecule has 5 aromatic rings. The van der Waals surface area contributed by atoms with Crippen LogP contribution in [0.15, 0.2) is 103 Å². The van der Waals surface area contributed by atoms with Gasteiger partial charge in [0.2, 0.25) is 0 Å². The molecule has 5 rings (SSSR count). The highest BCUT2D eigenvalue weighted by molar-refractivity contribution is 6.09. The molecule has 0 aliphatic carbocycles. The van der Waals surface area contributed by atoms with Crippen LogP contribution < -0.4 is 4.74 Å². The van der Waals surface area contributed by atoms with Gasteiger partial charge in [0, 0.05) is 19.0 Å². The van der Waals surface area contributed by atoms with Gasteiger partial charge in [-0.15, -0.1) is 0 Å². The second-order valence-electron chi connectivity index (χ2n) is 10.6. The van der Waals surface area contributed by atoms with Gasteiger partial charge in [0.25, 0.3) is 0 Å². The van der Waals surface area contributed by atoms with Crippen molar-refractivity contribution in [2.24, 2.45) is 0 Å². The van der Waals surface area contributed by atoms with E-state index in [2.05, 4.69) is 141 Å². The number of rotatable bonds is 10. The summed E-state index contributed by atoms with van der Waals surface area (Å²) in [5, 5.41) is 5.20. The summed E-state index contributed by atoms with van der Waals surface area (Å²) in [5.74, 6) is 1.03. The number of hydrogen-bond acceptors (Lipinski definition) is 3. The van der Waals surface area contributed by atoms with Gasteiger partial charge in [-0.05, 0) is 96.6 Å². The fourth-order valence-electron chi connectivity index (χ4n) is 5.34. The van der Waals surface area contributed by atoms with Crippen molar-refractivity contribution in [2.45, 2.75) is 12.3 Å². The maximum Gasteiger partial charge on any atom is 0.119 e. The molecule has 0 fully saturated rings. The van der Waals surface area contributed by atoms with Crippen LogP contribution >= 0.6 is 0 Å². The Morgan fingerprint density at radius 1 is 0.605 bits per heavy atom. The molecule has 5 aromatic carbocycles. The average molecular weight is 503 g/mol. The van der Waals surface area contributed by atoms with Crippen LogP contribution in [0, 0.1) is 0 Å². The minimum absolute atomic E-state index is 0.110. The number of ether oxygens (including phenoxy) is 1. The predicted octanol–water partition coefficient (Wildman–Crippen LogP) is 7.22. The van der Waals surface area contributed by atoms with Gasteiger partial charge in [0.15, 0.2) is 0 Å². The smallest absolute Gasteiger partial charge is 0.119 e. The third-order valence-electron chi connectivity index (χ3n) is 7.33. The van der Waals surface area contributed by atoms with Gasteiger partial charge in [-0.2, -0.15) is 0 Å². The van der Waals surface area contributed by atoms with E-state index in [1.165, 1.54) is 43.8 Å². The SMILES string of the molecule is CN(C)CCOc1ccc(C(c2ccccc2CCN(C)C)c2cc3ccccc3c3ccccc23)cc1. The molecule has 3 nitrogen and oxygen atoms in total. The first-order valence-electron chi connectivity index (χ1n) is 13.5. The molecule has 0 heterocycles. The highest BCUT2D eigenvalue weighted by Crippen LogP contribution is 2.41. The fourth-order valence-corrected chi connectivity index (χ4v) is 5.34. The molecule has 0 bridgehead atoms. The molecule has 0 aliphatic heterocycles.